The number of ether oxygens (including phenoxy) is 1. The minimum Gasteiger partial charge on any atom is -0.457 e. The van der Waals surface area contributed by atoms with Crippen molar-refractivity contribution in [2.24, 2.45) is 0 Å². The normalized spacial score (nSPS) is 12.8. The van der Waals surface area contributed by atoms with Crippen molar-refractivity contribution in [3.8, 4) is 56.4 Å². The molecule has 0 amide bonds. The van der Waals surface area contributed by atoms with Gasteiger partial charge in [0, 0.05) is 27.6 Å². The average Bonchev–Trinajstić information content (AvgIpc) is 3.35. The van der Waals surface area contributed by atoms with E-state index in [-0.39, 0.29) is 0 Å². The molecule has 0 saturated heterocycles. The van der Waals surface area contributed by atoms with E-state index in [1.165, 1.54) is 32.7 Å². The molecule has 1 aliphatic rings. The van der Waals surface area contributed by atoms with Crippen LogP contribution in [0.15, 0.2) is 231 Å². The summed E-state index contributed by atoms with van der Waals surface area (Å²) < 4.78 is 6.87. The first kappa shape index (κ1) is 35.8. The van der Waals surface area contributed by atoms with Crippen LogP contribution in [0.5, 0.6) is 11.5 Å². The molecule has 0 spiro atoms. The van der Waals surface area contributed by atoms with Crippen LogP contribution in [-0.4, -0.2) is 9.97 Å². The highest BCUT2D eigenvalue weighted by Crippen LogP contribution is 2.56. The Morgan fingerprint density at radius 2 is 0.887 bits per heavy atom. The largest absolute Gasteiger partial charge is 0.457 e. The minimum absolute atomic E-state index is 0.691. The molecule has 2 heterocycles. The second-order valence-corrected chi connectivity index (χ2v) is 16.1. The third-order valence-electron chi connectivity index (χ3n) is 12.6. The Kier molecular flexibility index (Phi) is 8.39. The van der Waals surface area contributed by atoms with E-state index in [9.17, 15) is 0 Å². The van der Waals surface area contributed by atoms with E-state index in [1.54, 1.807) is 0 Å². The molecule has 0 unspecified atom stereocenters. The van der Waals surface area contributed by atoms with E-state index in [0.29, 0.717) is 0 Å². The highest BCUT2D eigenvalue weighted by molar-refractivity contribution is 5.95. The molecule has 0 N–H and O–H groups in total. The van der Waals surface area contributed by atoms with Crippen LogP contribution in [0.25, 0.3) is 77.3 Å². The van der Waals surface area contributed by atoms with Crippen LogP contribution in [0.2, 0.25) is 0 Å². The van der Waals surface area contributed by atoms with Gasteiger partial charge in [-0.1, -0.05) is 194 Å². The topological polar surface area (TPSA) is 35.0 Å². The van der Waals surface area contributed by atoms with Gasteiger partial charge in [-0.15, -0.1) is 0 Å². The molecule has 3 nitrogen and oxygen atoms in total. The fraction of sp³-hybridized carbons (Fsp3) is 0.0169. The van der Waals surface area contributed by atoms with Crippen LogP contribution in [0.3, 0.4) is 0 Å². The zero-order chi connectivity index (χ0) is 41.0. The molecule has 290 valence electrons. The lowest BCUT2D eigenvalue weighted by atomic mass is 9.63. The maximum atomic E-state index is 6.87. The molecule has 0 fully saturated rings. The quantitative estimate of drug-likeness (QED) is 0.168. The van der Waals surface area contributed by atoms with Crippen molar-refractivity contribution in [3.63, 3.8) is 0 Å². The van der Waals surface area contributed by atoms with Gasteiger partial charge in [0.2, 0.25) is 0 Å². The molecule has 0 saturated carbocycles. The van der Waals surface area contributed by atoms with Crippen molar-refractivity contribution < 1.29 is 4.74 Å². The molecule has 11 aromatic rings. The van der Waals surface area contributed by atoms with Crippen LogP contribution in [-0.2, 0) is 5.41 Å². The molecule has 62 heavy (non-hydrogen) atoms. The Morgan fingerprint density at radius 1 is 0.339 bits per heavy atom. The first-order valence-electron chi connectivity index (χ1n) is 21.1. The highest BCUT2D eigenvalue weighted by atomic mass is 16.5. The van der Waals surface area contributed by atoms with Crippen molar-refractivity contribution in [1.82, 2.24) is 9.97 Å². The number of nitrogens with zero attached hydrogens (tertiary/aromatic N) is 2. The summed E-state index contributed by atoms with van der Waals surface area (Å²) in [6, 6.07) is 82.5. The summed E-state index contributed by atoms with van der Waals surface area (Å²) >= 11 is 0. The number of hydrogen-bond donors (Lipinski definition) is 0. The Bertz CT molecular complexity index is 3420. The summed E-state index contributed by atoms with van der Waals surface area (Å²) in [7, 11) is 0. The molecule has 0 atom stereocenters. The number of aromatic nitrogens is 2. The fourth-order valence-corrected chi connectivity index (χ4v) is 9.65. The first-order valence-corrected chi connectivity index (χ1v) is 21.1. The van der Waals surface area contributed by atoms with Gasteiger partial charge in [0.25, 0.3) is 0 Å². The van der Waals surface area contributed by atoms with Crippen LogP contribution >= 0.6 is 0 Å². The van der Waals surface area contributed by atoms with Crippen LogP contribution in [0.1, 0.15) is 22.3 Å². The summed E-state index contributed by atoms with van der Waals surface area (Å²) in [6.07, 6.45) is 0. The first-order chi connectivity index (χ1) is 30.7. The molecular weight excluding hydrogens is 753 g/mol. The molecule has 1 aliphatic heterocycles. The Labute approximate surface area is 360 Å². The molecule has 10 aromatic carbocycles. The third-order valence-corrected chi connectivity index (χ3v) is 12.6. The monoisotopic (exact) mass is 790 g/mol. The van der Waals surface area contributed by atoms with Gasteiger partial charge in [0.05, 0.1) is 16.6 Å². The van der Waals surface area contributed by atoms with E-state index < -0.39 is 5.41 Å². The van der Waals surface area contributed by atoms with E-state index in [2.05, 4.69) is 206 Å². The maximum Gasteiger partial charge on any atom is 0.160 e. The van der Waals surface area contributed by atoms with Crippen LogP contribution in [0.4, 0.5) is 0 Å². The summed E-state index contributed by atoms with van der Waals surface area (Å²) in [4.78, 5) is 10.1. The molecule has 0 bridgehead atoms. The molecule has 0 aliphatic carbocycles. The number of rotatable bonds is 6. The van der Waals surface area contributed by atoms with E-state index >= 15 is 0 Å². The Hall–Kier alpha value is -8.14. The number of para-hydroxylation sites is 2. The zero-order valence-corrected chi connectivity index (χ0v) is 33.7. The van der Waals surface area contributed by atoms with E-state index in [4.69, 9.17) is 14.7 Å². The summed E-state index contributed by atoms with van der Waals surface area (Å²) in [5.41, 5.74) is 12.3. The second-order valence-electron chi connectivity index (χ2n) is 16.1. The Balaban J connectivity index is 1.03. The van der Waals surface area contributed by atoms with Gasteiger partial charge in [-0.05, 0) is 91.3 Å². The predicted octanol–water partition coefficient (Wildman–Crippen LogP) is 15.1. The number of benzene rings is 10. The summed E-state index contributed by atoms with van der Waals surface area (Å²) in [5, 5.41) is 5.85. The van der Waals surface area contributed by atoms with Gasteiger partial charge in [0.15, 0.2) is 5.82 Å². The van der Waals surface area contributed by atoms with E-state index in [0.717, 1.165) is 78.4 Å². The Morgan fingerprint density at radius 3 is 1.61 bits per heavy atom. The van der Waals surface area contributed by atoms with Crippen molar-refractivity contribution in [1.29, 1.82) is 0 Å². The van der Waals surface area contributed by atoms with Gasteiger partial charge in [0.1, 0.15) is 11.5 Å². The van der Waals surface area contributed by atoms with Crippen LogP contribution < -0.4 is 4.74 Å². The van der Waals surface area contributed by atoms with E-state index in [1.807, 2.05) is 24.3 Å². The smallest absolute Gasteiger partial charge is 0.160 e. The lowest BCUT2D eigenvalue weighted by molar-refractivity contribution is 0.435. The lowest BCUT2D eigenvalue weighted by Gasteiger charge is -2.42. The third kappa shape index (κ3) is 5.82. The van der Waals surface area contributed by atoms with Crippen molar-refractivity contribution in [3.05, 3.63) is 253 Å². The predicted molar refractivity (Wildman–Crippen MR) is 255 cm³/mol. The van der Waals surface area contributed by atoms with Gasteiger partial charge < -0.3 is 4.74 Å². The lowest BCUT2D eigenvalue weighted by Crippen LogP contribution is -2.34. The van der Waals surface area contributed by atoms with Crippen molar-refractivity contribution in [2.45, 2.75) is 5.41 Å². The highest BCUT2D eigenvalue weighted by Gasteiger charge is 2.45. The van der Waals surface area contributed by atoms with Crippen molar-refractivity contribution in [2.75, 3.05) is 0 Å². The summed E-state index contributed by atoms with van der Waals surface area (Å²) in [6.45, 7) is 0. The molecule has 3 heteroatoms. The van der Waals surface area contributed by atoms with Gasteiger partial charge in [-0.2, -0.15) is 0 Å². The second kappa shape index (κ2) is 14.5. The standard InChI is InChI=1S/C59H38N2O/c1-2-16-43(17-3-1)58-60-54-24-12-10-22-51(54)57(61-58)42-28-26-41(27-29-42)49-20-8-9-21-50(49)46-32-35-56-53(38-46)59(52-23-11-13-25-55(52)62-56,47-33-30-39-14-4-6-18-44(39)36-47)48-34-31-40-15-5-7-19-45(40)37-48/h1-38H. The number of hydrogen-bond acceptors (Lipinski definition) is 3. The van der Waals surface area contributed by atoms with Gasteiger partial charge >= 0.3 is 0 Å². The molecule has 0 radical (unpaired) electrons. The maximum absolute atomic E-state index is 6.87. The van der Waals surface area contributed by atoms with Crippen LogP contribution in [0, 0.1) is 0 Å². The SMILES string of the molecule is c1ccc(-c2nc(-c3ccc(-c4ccccc4-c4ccc5c(c4)C(c4ccc6ccccc6c4)(c4ccc6ccccc6c4)c4ccccc4O5)cc3)c3ccccc3n2)cc1. The molecule has 1 aromatic heterocycles. The fourth-order valence-electron chi connectivity index (χ4n) is 9.65. The number of fused-ring (bicyclic) bond motifs is 5. The van der Waals surface area contributed by atoms with Gasteiger partial charge in [-0.25, -0.2) is 9.97 Å². The van der Waals surface area contributed by atoms with Crippen molar-refractivity contribution >= 4 is 32.4 Å². The molecule has 12 rings (SSSR count). The minimum atomic E-state index is -0.691. The summed E-state index contributed by atoms with van der Waals surface area (Å²) in [5.74, 6) is 2.43. The van der Waals surface area contributed by atoms with Gasteiger partial charge in [-0.3, -0.25) is 0 Å². The molecular formula is C59H38N2O. The zero-order valence-electron chi connectivity index (χ0n) is 33.7. The average molecular weight is 791 g/mol.